The Morgan fingerprint density at radius 1 is 0.284 bits per heavy atom. The van der Waals surface area contributed by atoms with E-state index in [0.29, 0.717) is 0 Å². The van der Waals surface area contributed by atoms with Crippen LogP contribution in [0.2, 0.25) is 0 Å². The van der Waals surface area contributed by atoms with Crippen LogP contribution in [0, 0.1) is 6.92 Å². The molecule has 366 valence electrons. The van der Waals surface area contributed by atoms with Crippen LogP contribution in [0.1, 0.15) is 28.2 Å². The van der Waals surface area contributed by atoms with E-state index in [1.165, 1.54) is 16.7 Å². The van der Waals surface area contributed by atoms with E-state index in [4.69, 9.17) is 23.7 Å². The highest BCUT2D eigenvalue weighted by molar-refractivity contribution is 5.88. The predicted octanol–water partition coefficient (Wildman–Crippen LogP) is 17.2. The van der Waals surface area contributed by atoms with Gasteiger partial charge in [-0.15, -0.1) is 0 Å². The lowest BCUT2D eigenvalue weighted by Crippen LogP contribution is -2.12. The second-order valence-electron chi connectivity index (χ2n) is 17.9. The lowest BCUT2D eigenvalue weighted by Gasteiger charge is -2.28. The molecule has 0 saturated carbocycles. The van der Waals surface area contributed by atoms with Crippen LogP contribution in [0.5, 0.6) is 28.7 Å². The Labute approximate surface area is 435 Å². The van der Waals surface area contributed by atoms with Gasteiger partial charge in [0.1, 0.15) is 28.7 Å². The minimum Gasteiger partial charge on any atom is -0.496 e. The summed E-state index contributed by atoms with van der Waals surface area (Å²) in [5.74, 6) is 3.83. The first-order valence-electron chi connectivity index (χ1n) is 24.7. The quantitative estimate of drug-likeness (QED) is 0.0843. The highest BCUT2D eigenvalue weighted by Crippen LogP contribution is 2.47. The van der Waals surface area contributed by atoms with Gasteiger partial charge in [0.15, 0.2) is 0 Å². The third-order valence-corrected chi connectivity index (χ3v) is 13.7. The SMILES string of the molecule is COc1ccccc1C(c1ccc(-c2cc(-c3ccc(N(c4ccccc4OC)c4ccccc4OC)cc3)cc(-c3ccc(N(c4ccccc4OC)c4ccccc4OC)cc3)c2)cc1)c1ccccc1C. The van der Waals surface area contributed by atoms with Gasteiger partial charge in [0.2, 0.25) is 0 Å². The second-order valence-corrected chi connectivity index (χ2v) is 17.9. The van der Waals surface area contributed by atoms with E-state index < -0.39 is 0 Å². The highest BCUT2D eigenvalue weighted by atomic mass is 16.5. The smallest absolute Gasteiger partial charge is 0.142 e. The van der Waals surface area contributed by atoms with Crippen LogP contribution in [0.4, 0.5) is 34.1 Å². The molecule has 0 radical (unpaired) electrons. The molecule has 74 heavy (non-hydrogen) atoms. The second kappa shape index (κ2) is 22.1. The third-order valence-electron chi connectivity index (χ3n) is 13.7. The van der Waals surface area contributed by atoms with E-state index in [2.05, 4.69) is 168 Å². The maximum Gasteiger partial charge on any atom is 0.142 e. The number of anilines is 6. The summed E-state index contributed by atoms with van der Waals surface area (Å²) in [6, 6.07) is 82.5. The van der Waals surface area contributed by atoms with Crippen molar-refractivity contribution >= 4 is 34.1 Å². The first kappa shape index (κ1) is 48.4. The van der Waals surface area contributed by atoms with Crippen LogP contribution < -0.4 is 33.5 Å². The Balaban J connectivity index is 1.09. The molecule has 0 aliphatic heterocycles. The molecule has 0 heterocycles. The molecule has 0 amide bonds. The fourth-order valence-electron chi connectivity index (χ4n) is 10.0. The average Bonchev–Trinajstić information content (AvgIpc) is 3.47. The zero-order chi connectivity index (χ0) is 51.0. The number of benzene rings is 10. The fourth-order valence-corrected chi connectivity index (χ4v) is 10.0. The Morgan fingerprint density at radius 2 is 0.581 bits per heavy atom. The summed E-state index contributed by atoms with van der Waals surface area (Å²) < 4.78 is 29.6. The van der Waals surface area contributed by atoms with Gasteiger partial charge < -0.3 is 33.5 Å². The van der Waals surface area contributed by atoms with Gasteiger partial charge in [-0.3, -0.25) is 0 Å². The van der Waals surface area contributed by atoms with Gasteiger partial charge in [-0.1, -0.05) is 140 Å². The molecule has 0 N–H and O–H groups in total. The Bertz CT molecular complexity index is 3260. The van der Waals surface area contributed by atoms with Gasteiger partial charge >= 0.3 is 0 Å². The van der Waals surface area contributed by atoms with E-state index in [1.807, 2.05) is 84.9 Å². The van der Waals surface area contributed by atoms with Crippen molar-refractivity contribution < 1.29 is 23.7 Å². The molecule has 1 atom stereocenters. The van der Waals surface area contributed by atoms with Crippen molar-refractivity contribution in [2.45, 2.75) is 12.8 Å². The van der Waals surface area contributed by atoms with Crippen molar-refractivity contribution in [3.63, 3.8) is 0 Å². The number of para-hydroxylation sites is 9. The highest BCUT2D eigenvalue weighted by Gasteiger charge is 2.24. The monoisotopic (exact) mass is 970 g/mol. The van der Waals surface area contributed by atoms with Crippen LogP contribution in [0.15, 0.2) is 237 Å². The fraction of sp³-hybridized carbons (Fsp3) is 0.104. The predicted molar refractivity (Wildman–Crippen MR) is 303 cm³/mol. The number of nitrogens with zero attached hydrogens (tertiary/aromatic N) is 2. The van der Waals surface area contributed by atoms with Crippen molar-refractivity contribution in [2.24, 2.45) is 0 Å². The summed E-state index contributed by atoms with van der Waals surface area (Å²) in [4.78, 5) is 4.36. The number of hydrogen-bond acceptors (Lipinski definition) is 7. The van der Waals surface area contributed by atoms with E-state index in [9.17, 15) is 0 Å². The molecule has 0 fully saturated rings. The zero-order valence-corrected chi connectivity index (χ0v) is 42.5. The van der Waals surface area contributed by atoms with Crippen molar-refractivity contribution in [2.75, 3.05) is 45.3 Å². The van der Waals surface area contributed by atoms with Crippen LogP contribution in [-0.4, -0.2) is 35.5 Å². The summed E-state index contributed by atoms with van der Waals surface area (Å²) in [5, 5.41) is 0. The van der Waals surface area contributed by atoms with Gasteiger partial charge in [-0.2, -0.15) is 0 Å². The summed E-state index contributed by atoms with van der Waals surface area (Å²) in [6.45, 7) is 2.18. The van der Waals surface area contributed by atoms with E-state index in [-0.39, 0.29) is 5.92 Å². The maximum atomic E-state index is 5.96. The number of ether oxygens (including phenoxy) is 5. The molecule has 10 rings (SSSR count). The lowest BCUT2D eigenvalue weighted by atomic mass is 9.82. The Hall–Kier alpha value is -9.20. The molecule has 10 aromatic carbocycles. The van der Waals surface area contributed by atoms with Gasteiger partial charge in [0.25, 0.3) is 0 Å². The lowest BCUT2D eigenvalue weighted by molar-refractivity contribution is 0.409. The molecular weight excluding hydrogens is 913 g/mol. The van der Waals surface area contributed by atoms with Crippen LogP contribution in [0.25, 0.3) is 33.4 Å². The third kappa shape index (κ3) is 9.76. The van der Waals surface area contributed by atoms with Crippen molar-refractivity contribution in [1.29, 1.82) is 0 Å². The van der Waals surface area contributed by atoms with Crippen LogP contribution in [0.3, 0.4) is 0 Å². The molecule has 0 aliphatic carbocycles. The van der Waals surface area contributed by atoms with Crippen molar-refractivity contribution in [3.05, 3.63) is 259 Å². The Morgan fingerprint density at radius 3 is 0.932 bits per heavy atom. The van der Waals surface area contributed by atoms with Gasteiger partial charge in [-0.05, 0) is 154 Å². The number of aryl methyl sites for hydroxylation is 1. The molecule has 0 bridgehead atoms. The molecule has 0 spiro atoms. The van der Waals surface area contributed by atoms with Crippen molar-refractivity contribution in [3.8, 4) is 62.1 Å². The largest absolute Gasteiger partial charge is 0.496 e. The van der Waals surface area contributed by atoms with E-state index in [1.54, 1.807) is 35.5 Å². The summed E-state index contributed by atoms with van der Waals surface area (Å²) in [5.41, 5.74) is 16.8. The molecule has 1 unspecified atom stereocenters. The number of hydrogen-bond donors (Lipinski definition) is 0. The normalized spacial score (nSPS) is 11.3. The van der Waals surface area contributed by atoms with Gasteiger partial charge in [0, 0.05) is 22.9 Å². The minimum atomic E-state index is -0.0297. The molecule has 0 saturated heterocycles. The van der Waals surface area contributed by atoms with Crippen LogP contribution in [-0.2, 0) is 0 Å². The zero-order valence-electron chi connectivity index (χ0n) is 42.5. The standard InChI is InChI=1S/C67H58N2O5/c1-46-19-7-8-20-56(46)67(57-21-9-14-26-62(57)70-2)50-33-31-47(32-34-50)51-43-52(48-35-39-54(40-36-48)68(58-22-10-15-27-63(58)71-3)59-23-11-16-28-64(59)72-4)45-53(44-51)49-37-41-55(42-38-49)69(60-24-12-17-29-65(60)73-5)61-25-13-18-30-66(61)74-6/h7-45,67H,1-6H3. The minimum absolute atomic E-state index is 0.0297. The van der Waals surface area contributed by atoms with E-state index in [0.717, 1.165) is 102 Å². The number of rotatable bonds is 17. The first-order valence-corrected chi connectivity index (χ1v) is 24.7. The summed E-state index contributed by atoms with van der Waals surface area (Å²) >= 11 is 0. The topological polar surface area (TPSA) is 52.6 Å². The van der Waals surface area contributed by atoms with E-state index >= 15 is 0 Å². The van der Waals surface area contributed by atoms with Crippen molar-refractivity contribution in [1.82, 2.24) is 0 Å². The first-order chi connectivity index (χ1) is 36.4. The summed E-state index contributed by atoms with van der Waals surface area (Å²) in [6.07, 6.45) is 0. The molecule has 0 aromatic heterocycles. The molecule has 7 nitrogen and oxygen atoms in total. The van der Waals surface area contributed by atoms with Gasteiger partial charge in [-0.25, -0.2) is 0 Å². The molecule has 0 aliphatic rings. The molecular formula is C67H58N2O5. The number of methoxy groups -OCH3 is 5. The Kier molecular flexibility index (Phi) is 14.4. The average molecular weight is 971 g/mol. The van der Waals surface area contributed by atoms with Crippen LogP contribution >= 0.6 is 0 Å². The molecule has 10 aromatic rings. The summed E-state index contributed by atoms with van der Waals surface area (Å²) in [7, 11) is 8.56. The maximum absolute atomic E-state index is 5.96. The van der Waals surface area contributed by atoms with Gasteiger partial charge in [0.05, 0.1) is 58.3 Å². The molecule has 7 heteroatoms.